The normalized spacial score (nSPS) is 10.9. The van der Waals surface area contributed by atoms with Crippen LogP contribution in [0, 0.1) is 0 Å². The van der Waals surface area contributed by atoms with E-state index in [-0.39, 0.29) is 12.0 Å². The molecule has 8 nitrogen and oxygen atoms in total. The van der Waals surface area contributed by atoms with Crippen molar-refractivity contribution < 1.29 is 19.0 Å². The summed E-state index contributed by atoms with van der Waals surface area (Å²) in [5.41, 5.74) is 2.75. The lowest BCUT2D eigenvalue weighted by atomic mass is 10.2. The third-order valence-corrected chi connectivity index (χ3v) is 5.04. The van der Waals surface area contributed by atoms with Crippen molar-refractivity contribution in [3.8, 4) is 17.2 Å². The molecule has 0 aliphatic rings. The molecule has 4 rings (SSSR count). The molecule has 0 saturated heterocycles. The zero-order valence-corrected chi connectivity index (χ0v) is 19.0. The smallest absolute Gasteiger partial charge is 0.257 e. The highest BCUT2D eigenvalue weighted by Crippen LogP contribution is 2.26. The molecule has 1 N–H and O–H groups in total. The molecule has 0 unspecified atom stereocenters. The van der Waals surface area contributed by atoms with Crippen LogP contribution in [-0.4, -0.2) is 41.0 Å². The van der Waals surface area contributed by atoms with E-state index in [0.29, 0.717) is 29.2 Å². The Morgan fingerprint density at radius 3 is 2.45 bits per heavy atom. The van der Waals surface area contributed by atoms with E-state index in [1.807, 2.05) is 56.3 Å². The number of methoxy groups -OCH3 is 2. The number of benzene rings is 2. The first-order chi connectivity index (χ1) is 16.0. The fourth-order valence-electron chi connectivity index (χ4n) is 3.45. The van der Waals surface area contributed by atoms with E-state index in [1.54, 1.807) is 37.4 Å². The van der Waals surface area contributed by atoms with Crippen molar-refractivity contribution in [1.82, 2.24) is 14.8 Å². The molecule has 33 heavy (non-hydrogen) atoms. The van der Waals surface area contributed by atoms with Gasteiger partial charge in [-0.05, 0) is 56.3 Å². The van der Waals surface area contributed by atoms with Crippen LogP contribution >= 0.6 is 0 Å². The second kappa shape index (κ2) is 9.60. The van der Waals surface area contributed by atoms with Crippen molar-refractivity contribution in [3.63, 3.8) is 0 Å². The van der Waals surface area contributed by atoms with E-state index in [9.17, 15) is 4.79 Å². The highest BCUT2D eigenvalue weighted by molar-refractivity contribution is 6.05. The Labute approximate surface area is 192 Å². The van der Waals surface area contributed by atoms with Crippen molar-refractivity contribution in [2.45, 2.75) is 26.5 Å². The van der Waals surface area contributed by atoms with Gasteiger partial charge in [-0.3, -0.25) is 4.79 Å². The van der Waals surface area contributed by atoms with Gasteiger partial charge in [-0.2, -0.15) is 5.10 Å². The first-order valence-corrected chi connectivity index (χ1v) is 10.6. The number of carbonyl (C=O) groups excluding carboxylic acids is 1. The summed E-state index contributed by atoms with van der Waals surface area (Å²) in [4.78, 5) is 17.2. The average molecular weight is 447 g/mol. The van der Waals surface area contributed by atoms with Crippen LogP contribution in [-0.2, 0) is 6.54 Å². The number of hydrogen-bond acceptors (Lipinski definition) is 6. The summed E-state index contributed by atoms with van der Waals surface area (Å²) in [5.74, 6) is 1.94. The molecule has 2 aromatic carbocycles. The predicted octanol–water partition coefficient (Wildman–Crippen LogP) is 4.54. The Hall–Kier alpha value is -4.07. The molecule has 0 spiro atoms. The van der Waals surface area contributed by atoms with Gasteiger partial charge < -0.3 is 19.5 Å². The Balaban J connectivity index is 1.50. The molecule has 170 valence electrons. The van der Waals surface area contributed by atoms with Crippen LogP contribution < -0.4 is 19.5 Å². The number of nitrogens with one attached hydrogen (secondary N) is 1. The summed E-state index contributed by atoms with van der Waals surface area (Å²) in [6.07, 6.45) is 3.35. The number of fused-ring (bicyclic) bond motifs is 1. The van der Waals surface area contributed by atoms with Gasteiger partial charge in [0.15, 0.2) is 5.65 Å². The maximum absolute atomic E-state index is 12.7. The zero-order chi connectivity index (χ0) is 23.4. The Morgan fingerprint density at radius 1 is 1.00 bits per heavy atom. The molecule has 2 heterocycles. The summed E-state index contributed by atoms with van der Waals surface area (Å²) in [6, 6.07) is 14.7. The number of amides is 1. The summed E-state index contributed by atoms with van der Waals surface area (Å²) in [5, 5.41) is 8.11. The summed E-state index contributed by atoms with van der Waals surface area (Å²) < 4.78 is 18.1. The number of nitrogens with zero attached hydrogens (tertiary/aromatic N) is 3. The molecular weight excluding hydrogens is 420 g/mol. The van der Waals surface area contributed by atoms with E-state index in [0.717, 1.165) is 22.4 Å². The minimum Gasteiger partial charge on any atom is -0.497 e. The monoisotopic (exact) mass is 446 g/mol. The van der Waals surface area contributed by atoms with E-state index in [1.165, 1.54) is 0 Å². The van der Waals surface area contributed by atoms with Gasteiger partial charge in [0, 0.05) is 28.9 Å². The Bertz CT molecular complexity index is 1270. The number of carbonyl (C=O) groups is 1. The van der Waals surface area contributed by atoms with Crippen molar-refractivity contribution >= 4 is 22.6 Å². The highest BCUT2D eigenvalue weighted by Gasteiger charge is 2.13. The van der Waals surface area contributed by atoms with Crippen molar-refractivity contribution in [3.05, 3.63) is 72.1 Å². The minimum absolute atomic E-state index is 0.0926. The largest absolute Gasteiger partial charge is 0.497 e. The van der Waals surface area contributed by atoms with Gasteiger partial charge in [0.25, 0.3) is 5.91 Å². The molecule has 8 heteroatoms. The lowest BCUT2D eigenvalue weighted by molar-refractivity contribution is 0.102. The van der Waals surface area contributed by atoms with Crippen molar-refractivity contribution in [1.29, 1.82) is 0 Å². The van der Waals surface area contributed by atoms with Gasteiger partial charge in [-0.15, -0.1) is 0 Å². The van der Waals surface area contributed by atoms with Gasteiger partial charge >= 0.3 is 0 Å². The van der Waals surface area contributed by atoms with Gasteiger partial charge in [0.1, 0.15) is 17.2 Å². The third-order valence-electron chi connectivity index (χ3n) is 5.04. The molecule has 0 bridgehead atoms. The SMILES string of the molecule is COc1ccc(Cn2ncc3cc(C(=O)Nc4ccc(OC(C)C)cc4)cnc32)c(OC)c1. The van der Waals surface area contributed by atoms with Crippen molar-refractivity contribution in [2.75, 3.05) is 19.5 Å². The molecule has 0 atom stereocenters. The fraction of sp³-hybridized carbons (Fsp3) is 0.240. The number of hydrogen-bond donors (Lipinski definition) is 1. The van der Waals surface area contributed by atoms with Crippen LogP contribution in [0.4, 0.5) is 5.69 Å². The topological polar surface area (TPSA) is 87.5 Å². The molecule has 0 saturated carbocycles. The number of aromatic nitrogens is 3. The number of ether oxygens (including phenoxy) is 3. The van der Waals surface area contributed by atoms with Crippen molar-refractivity contribution in [2.24, 2.45) is 0 Å². The third kappa shape index (κ3) is 5.06. The van der Waals surface area contributed by atoms with Gasteiger partial charge in [0.2, 0.25) is 0 Å². The Kier molecular flexibility index (Phi) is 6.44. The molecule has 1 amide bonds. The van der Waals surface area contributed by atoms with Crippen LogP contribution in [0.25, 0.3) is 11.0 Å². The maximum Gasteiger partial charge on any atom is 0.257 e. The summed E-state index contributed by atoms with van der Waals surface area (Å²) in [7, 11) is 3.23. The first-order valence-electron chi connectivity index (χ1n) is 10.6. The van der Waals surface area contributed by atoms with Gasteiger partial charge in [0.05, 0.1) is 38.6 Å². The summed E-state index contributed by atoms with van der Waals surface area (Å²) in [6.45, 7) is 4.41. The van der Waals surface area contributed by atoms with Crippen LogP contribution in [0.1, 0.15) is 29.8 Å². The first kappa shape index (κ1) is 22.1. The minimum atomic E-state index is -0.244. The molecule has 2 aromatic heterocycles. The van der Waals surface area contributed by atoms with E-state index >= 15 is 0 Å². The van der Waals surface area contributed by atoms with Gasteiger partial charge in [-0.1, -0.05) is 0 Å². The number of anilines is 1. The van der Waals surface area contributed by atoms with E-state index < -0.39 is 0 Å². The second-order valence-corrected chi connectivity index (χ2v) is 7.76. The molecule has 0 aliphatic carbocycles. The van der Waals surface area contributed by atoms with Crippen LogP contribution in [0.5, 0.6) is 17.2 Å². The number of pyridine rings is 1. The molecule has 0 aliphatic heterocycles. The molecule has 4 aromatic rings. The molecule has 0 fully saturated rings. The van der Waals surface area contributed by atoms with Gasteiger partial charge in [-0.25, -0.2) is 9.67 Å². The van der Waals surface area contributed by atoms with Crippen LogP contribution in [0.3, 0.4) is 0 Å². The Morgan fingerprint density at radius 2 is 1.76 bits per heavy atom. The molecular formula is C25H26N4O4. The second-order valence-electron chi connectivity index (χ2n) is 7.76. The zero-order valence-electron chi connectivity index (χ0n) is 19.0. The predicted molar refractivity (Wildman–Crippen MR) is 126 cm³/mol. The maximum atomic E-state index is 12.7. The fourth-order valence-corrected chi connectivity index (χ4v) is 3.45. The highest BCUT2D eigenvalue weighted by atomic mass is 16.5. The van der Waals surface area contributed by atoms with E-state index in [2.05, 4.69) is 15.4 Å². The average Bonchev–Trinajstić information content (AvgIpc) is 3.22. The quantitative estimate of drug-likeness (QED) is 0.428. The van der Waals surface area contributed by atoms with Crippen LogP contribution in [0.15, 0.2) is 60.9 Å². The lowest BCUT2D eigenvalue weighted by Crippen LogP contribution is -2.12. The van der Waals surface area contributed by atoms with Crippen LogP contribution in [0.2, 0.25) is 0 Å². The lowest BCUT2D eigenvalue weighted by Gasteiger charge is -2.11. The standard InChI is InChI=1S/C25H26N4O4/c1-16(2)33-21-9-6-20(7-10-21)28-25(30)19-11-18-14-27-29(24(18)26-13-19)15-17-5-8-22(31-3)12-23(17)32-4/h5-14,16H,15H2,1-4H3,(H,28,30). The van der Waals surface area contributed by atoms with E-state index in [4.69, 9.17) is 14.2 Å². The molecule has 0 radical (unpaired) electrons. The number of rotatable bonds is 8. The summed E-state index contributed by atoms with van der Waals surface area (Å²) >= 11 is 0.